The number of hydrogen-bond donors (Lipinski definition) is 1. The molecule has 2 amide bonds. The highest BCUT2D eigenvalue weighted by Gasteiger charge is 2.26. The monoisotopic (exact) mass is 374 g/mol. The highest BCUT2D eigenvalue weighted by molar-refractivity contribution is 6.31. The Balaban J connectivity index is 2.15. The fourth-order valence-corrected chi connectivity index (χ4v) is 2.73. The van der Waals surface area contributed by atoms with Gasteiger partial charge >= 0.3 is 0 Å². The van der Waals surface area contributed by atoms with Crippen LogP contribution in [-0.4, -0.2) is 36.4 Å². The van der Waals surface area contributed by atoms with Gasteiger partial charge in [-0.25, -0.2) is 0 Å². The van der Waals surface area contributed by atoms with Gasteiger partial charge in [0.05, 0.1) is 0 Å². The molecule has 0 aliphatic heterocycles. The molecule has 0 bridgehead atoms. The number of halogens is 1. The smallest absolute Gasteiger partial charge is 0.261 e. The quantitative estimate of drug-likeness (QED) is 0.809. The molecule has 0 aliphatic carbocycles. The largest absolute Gasteiger partial charge is 0.484 e. The zero-order valence-corrected chi connectivity index (χ0v) is 15.9. The Labute approximate surface area is 158 Å². The van der Waals surface area contributed by atoms with E-state index in [-0.39, 0.29) is 25.0 Å². The first-order chi connectivity index (χ1) is 12.4. The van der Waals surface area contributed by atoms with Crippen LogP contribution in [0.1, 0.15) is 18.1 Å². The number of rotatable bonds is 7. The van der Waals surface area contributed by atoms with E-state index in [1.807, 2.05) is 43.3 Å². The summed E-state index contributed by atoms with van der Waals surface area (Å²) in [5.41, 5.74) is 1.82. The Hall–Kier alpha value is -2.53. The molecule has 0 fully saturated rings. The fraction of sp³-hybridized carbons (Fsp3) is 0.300. The van der Waals surface area contributed by atoms with Gasteiger partial charge in [0.1, 0.15) is 11.8 Å². The minimum Gasteiger partial charge on any atom is -0.484 e. The van der Waals surface area contributed by atoms with Crippen molar-refractivity contribution >= 4 is 23.4 Å². The average Bonchev–Trinajstić information content (AvgIpc) is 2.64. The molecule has 138 valence electrons. The predicted octanol–water partition coefficient (Wildman–Crippen LogP) is 3.19. The molecule has 0 heterocycles. The van der Waals surface area contributed by atoms with Gasteiger partial charge in [-0.2, -0.15) is 0 Å². The van der Waals surface area contributed by atoms with Crippen LogP contribution < -0.4 is 10.1 Å². The molecule has 2 aromatic rings. The highest BCUT2D eigenvalue weighted by atomic mass is 35.5. The van der Waals surface area contributed by atoms with Gasteiger partial charge in [0.15, 0.2) is 6.61 Å². The first-order valence-corrected chi connectivity index (χ1v) is 8.74. The molecule has 0 saturated heterocycles. The second kappa shape index (κ2) is 9.25. The van der Waals surface area contributed by atoms with Crippen molar-refractivity contribution in [3.05, 3.63) is 64.7 Å². The third kappa shape index (κ3) is 5.23. The summed E-state index contributed by atoms with van der Waals surface area (Å²) in [5.74, 6) is 0.0760. The lowest BCUT2D eigenvalue weighted by molar-refractivity contribution is -0.142. The van der Waals surface area contributed by atoms with Crippen molar-refractivity contribution in [2.45, 2.75) is 26.4 Å². The molecule has 0 saturated carbocycles. The number of benzene rings is 2. The molecule has 0 aliphatic rings. The number of nitrogens with one attached hydrogen (secondary N) is 1. The van der Waals surface area contributed by atoms with Crippen molar-refractivity contribution in [3.8, 4) is 5.75 Å². The molecule has 5 nitrogen and oxygen atoms in total. The molecule has 1 N–H and O–H groups in total. The van der Waals surface area contributed by atoms with Gasteiger partial charge in [-0.3, -0.25) is 9.59 Å². The van der Waals surface area contributed by atoms with E-state index in [0.717, 1.165) is 11.1 Å². The van der Waals surface area contributed by atoms with Gasteiger partial charge in [-0.05, 0) is 43.2 Å². The summed E-state index contributed by atoms with van der Waals surface area (Å²) in [6, 6.07) is 14.1. The predicted molar refractivity (Wildman–Crippen MR) is 102 cm³/mol. The van der Waals surface area contributed by atoms with Crippen LogP contribution in [0.2, 0.25) is 5.02 Å². The summed E-state index contributed by atoms with van der Waals surface area (Å²) in [7, 11) is 1.54. The molecule has 26 heavy (non-hydrogen) atoms. The lowest BCUT2D eigenvalue weighted by Crippen LogP contribution is -2.48. The van der Waals surface area contributed by atoms with E-state index in [4.69, 9.17) is 16.3 Å². The lowest BCUT2D eigenvalue weighted by atomic mass is 10.1. The number of nitrogens with zero attached hydrogens (tertiary/aromatic N) is 1. The van der Waals surface area contributed by atoms with Gasteiger partial charge in [0, 0.05) is 18.6 Å². The maximum Gasteiger partial charge on any atom is 0.261 e. The molecule has 0 unspecified atom stereocenters. The van der Waals surface area contributed by atoms with Crippen molar-refractivity contribution in [2.24, 2.45) is 0 Å². The molecule has 2 aromatic carbocycles. The number of amides is 2. The molecule has 0 aromatic heterocycles. The molecule has 0 spiro atoms. The Morgan fingerprint density at radius 2 is 1.92 bits per heavy atom. The van der Waals surface area contributed by atoms with Crippen LogP contribution in [0.5, 0.6) is 5.75 Å². The average molecular weight is 375 g/mol. The van der Waals surface area contributed by atoms with Crippen molar-refractivity contribution in [3.63, 3.8) is 0 Å². The van der Waals surface area contributed by atoms with Crippen molar-refractivity contribution in [2.75, 3.05) is 13.7 Å². The maximum absolute atomic E-state index is 12.8. The van der Waals surface area contributed by atoms with Gasteiger partial charge in [0.25, 0.3) is 5.91 Å². The van der Waals surface area contributed by atoms with Crippen LogP contribution in [0.4, 0.5) is 0 Å². The first kappa shape index (κ1) is 19.8. The molecule has 2 rings (SSSR count). The SMILES string of the molecule is CNC(=O)[C@H](C)N(Cc1ccccc1Cl)C(=O)COc1cccc(C)c1. The van der Waals surface area contributed by atoms with E-state index in [1.165, 1.54) is 4.90 Å². The van der Waals surface area contributed by atoms with Crippen molar-refractivity contribution < 1.29 is 14.3 Å². The van der Waals surface area contributed by atoms with Crippen LogP contribution >= 0.6 is 11.6 Å². The summed E-state index contributed by atoms with van der Waals surface area (Å²) < 4.78 is 5.61. The van der Waals surface area contributed by atoms with Crippen LogP contribution in [0.3, 0.4) is 0 Å². The van der Waals surface area contributed by atoms with E-state index in [2.05, 4.69) is 5.32 Å². The van der Waals surface area contributed by atoms with Crippen LogP contribution in [0.15, 0.2) is 48.5 Å². The van der Waals surface area contributed by atoms with Crippen LogP contribution in [0.25, 0.3) is 0 Å². The van der Waals surface area contributed by atoms with Gasteiger partial charge in [-0.1, -0.05) is 41.9 Å². The van der Waals surface area contributed by atoms with Crippen molar-refractivity contribution in [1.29, 1.82) is 0 Å². The number of carbonyl (C=O) groups is 2. The van der Waals surface area contributed by atoms with Gasteiger partial charge in [-0.15, -0.1) is 0 Å². The van der Waals surface area contributed by atoms with E-state index in [1.54, 1.807) is 26.1 Å². The Morgan fingerprint density at radius 3 is 2.58 bits per heavy atom. The molecular weight excluding hydrogens is 352 g/mol. The fourth-order valence-electron chi connectivity index (χ4n) is 2.53. The summed E-state index contributed by atoms with van der Waals surface area (Å²) in [5, 5.41) is 3.13. The minimum atomic E-state index is -0.648. The van der Waals surface area contributed by atoms with E-state index >= 15 is 0 Å². The second-order valence-electron chi connectivity index (χ2n) is 6.01. The summed E-state index contributed by atoms with van der Waals surface area (Å²) in [4.78, 5) is 26.3. The van der Waals surface area contributed by atoms with Crippen LogP contribution in [0, 0.1) is 6.92 Å². The van der Waals surface area contributed by atoms with Crippen LogP contribution in [-0.2, 0) is 16.1 Å². The van der Waals surface area contributed by atoms with E-state index in [0.29, 0.717) is 10.8 Å². The molecule has 6 heteroatoms. The van der Waals surface area contributed by atoms with Gasteiger partial charge < -0.3 is 15.0 Å². The summed E-state index contributed by atoms with van der Waals surface area (Å²) in [6.07, 6.45) is 0. The number of hydrogen-bond acceptors (Lipinski definition) is 3. The third-order valence-corrected chi connectivity index (χ3v) is 4.43. The zero-order chi connectivity index (χ0) is 19.1. The maximum atomic E-state index is 12.8. The standard InChI is InChI=1S/C20H23ClN2O3/c1-14-7-6-9-17(11-14)26-13-19(24)23(15(2)20(25)22-3)12-16-8-4-5-10-18(16)21/h4-11,15H,12-13H2,1-3H3,(H,22,25)/t15-/m0/s1. The number of aryl methyl sites for hydroxylation is 1. The Bertz CT molecular complexity index is 779. The first-order valence-electron chi connectivity index (χ1n) is 8.36. The minimum absolute atomic E-state index is 0.157. The topological polar surface area (TPSA) is 58.6 Å². The molecule has 1 atom stereocenters. The van der Waals surface area contributed by atoms with Crippen molar-refractivity contribution in [1.82, 2.24) is 10.2 Å². The number of ether oxygens (including phenoxy) is 1. The highest BCUT2D eigenvalue weighted by Crippen LogP contribution is 2.19. The third-order valence-electron chi connectivity index (χ3n) is 4.06. The normalized spacial score (nSPS) is 11.5. The van der Waals surface area contributed by atoms with E-state index < -0.39 is 6.04 Å². The molecule has 0 radical (unpaired) electrons. The second-order valence-corrected chi connectivity index (χ2v) is 6.42. The zero-order valence-electron chi connectivity index (χ0n) is 15.2. The van der Waals surface area contributed by atoms with E-state index in [9.17, 15) is 9.59 Å². The number of carbonyl (C=O) groups excluding carboxylic acids is 2. The molecular formula is C20H23ClN2O3. The summed E-state index contributed by atoms with van der Waals surface area (Å²) >= 11 is 6.21. The Morgan fingerprint density at radius 1 is 1.19 bits per heavy atom. The number of likely N-dealkylation sites (N-methyl/N-ethyl adjacent to an activating group) is 1. The lowest BCUT2D eigenvalue weighted by Gasteiger charge is -2.28. The van der Waals surface area contributed by atoms with Gasteiger partial charge in [0.2, 0.25) is 5.91 Å². The Kier molecular flexibility index (Phi) is 7.04. The summed E-state index contributed by atoms with van der Waals surface area (Å²) in [6.45, 7) is 3.70.